The van der Waals surface area contributed by atoms with Gasteiger partial charge in [0.25, 0.3) is 0 Å². The van der Waals surface area contributed by atoms with Gasteiger partial charge < -0.3 is 40.2 Å². The lowest BCUT2D eigenvalue weighted by molar-refractivity contribution is -0.139. The fourth-order valence-electron chi connectivity index (χ4n) is 6.80. The summed E-state index contributed by atoms with van der Waals surface area (Å²) in [7, 11) is 2.52. The molecule has 16 nitrogen and oxygen atoms in total. The van der Waals surface area contributed by atoms with E-state index in [0.29, 0.717) is 42.5 Å². The summed E-state index contributed by atoms with van der Waals surface area (Å²) in [6.45, 7) is 8.42. The van der Waals surface area contributed by atoms with Gasteiger partial charge in [-0.3, -0.25) is 18.8 Å². The maximum Gasteiger partial charge on any atom is 0.407 e. The Hall–Kier alpha value is -4.97. The number of thiazole rings is 1. The zero-order valence-corrected chi connectivity index (χ0v) is 32.1. The second-order valence-electron chi connectivity index (χ2n) is 13.8. The van der Waals surface area contributed by atoms with Gasteiger partial charge in [0.15, 0.2) is 10.8 Å². The third kappa shape index (κ3) is 8.02. The molecule has 0 spiro atoms. The summed E-state index contributed by atoms with van der Waals surface area (Å²) in [6.07, 6.45) is 6.94. The number of carbonyl (C=O) groups is 5. The molecular weight excluding hydrogens is 723 g/mol. The van der Waals surface area contributed by atoms with Crippen molar-refractivity contribution in [3.05, 3.63) is 36.5 Å². The lowest BCUT2D eigenvalue weighted by Crippen LogP contribution is -2.54. The van der Waals surface area contributed by atoms with Gasteiger partial charge in [0.2, 0.25) is 17.7 Å². The van der Waals surface area contributed by atoms with Crippen LogP contribution in [0.4, 0.5) is 15.4 Å². The van der Waals surface area contributed by atoms with Crippen LogP contribution in [0.1, 0.15) is 65.2 Å². The summed E-state index contributed by atoms with van der Waals surface area (Å²) < 4.78 is 11.3. The van der Waals surface area contributed by atoms with Crippen LogP contribution >= 0.6 is 22.7 Å². The summed E-state index contributed by atoms with van der Waals surface area (Å²) in [4.78, 5) is 83.8. The summed E-state index contributed by atoms with van der Waals surface area (Å²) in [5.74, 6) is -0.0292. The molecule has 0 aromatic carbocycles. The Labute approximate surface area is 314 Å². The zero-order chi connectivity index (χ0) is 38.0. The number of nitrogens with one attached hydrogen (secondary N) is 4. The molecule has 4 atom stereocenters. The molecule has 18 heteroatoms. The molecule has 2 aliphatic heterocycles. The number of imidazole rings is 2. The molecule has 4 N–H and O–H groups in total. The van der Waals surface area contributed by atoms with E-state index in [1.54, 1.807) is 28.6 Å². The minimum atomic E-state index is -0.811. The number of carbonyl (C=O) groups excluding carboxylic acids is 5. The molecule has 0 aliphatic carbocycles. The number of ether oxygens (including phenoxy) is 2. The second-order valence-corrected chi connectivity index (χ2v) is 15.9. The van der Waals surface area contributed by atoms with Crippen LogP contribution in [-0.4, -0.2) is 104 Å². The van der Waals surface area contributed by atoms with Crippen LogP contribution in [-0.2, 0) is 23.9 Å². The first-order valence-electron chi connectivity index (χ1n) is 17.6. The third-order valence-corrected chi connectivity index (χ3v) is 11.9. The number of hydrogen-bond donors (Lipinski definition) is 4. The van der Waals surface area contributed by atoms with E-state index in [2.05, 4.69) is 30.9 Å². The van der Waals surface area contributed by atoms with Gasteiger partial charge in [0.1, 0.15) is 23.9 Å². The highest BCUT2D eigenvalue weighted by atomic mass is 32.1. The van der Waals surface area contributed by atoms with Gasteiger partial charge in [-0.1, -0.05) is 39.0 Å². The lowest BCUT2D eigenvalue weighted by atomic mass is 10.0. The maximum atomic E-state index is 13.5. The predicted molar refractivity (Wildman–Crippen MR) is 199 cm³/mol. The molecule has 0 bridgehead atoms. The maximum absolute atomic E-state index is 13.5. The number of nitrogens with zero attached hydrogens (tertiary/aromatic N) is 5. The summed E-state index contributed by atoms with van der Waals surface area (Å²) in [6, 6.07) is 1.64. The number of anilines is 1. The fourth-order valence-corrected chi connectivity index (χ4v) is 8.81. The van der Waals surface area contributed by atoms with Crippen LogP contribution in [0.2, 0.25) is 0 Å². The van der Waals surface area contributed by atoms with Gasteiger partial charge in [-0.25, -0.2) is 19.6 Å². The van der Waals surface area contributed by atoms with Crippen LogP contribution in [0, 0.1) is 11.8 Å². The number of hydrogen-bond acceptors (Lipinski definition) is 11. The molecule has 6 heterocycles. The quantitative estimate of drug-likeness (QED) is 0.165. The first kappa shape index (κ1) is 37.8. The van der Waals surface area contributed by atoms with Crippen molar-refractivity contribution in [1.29, 1.82) is 0 Å². The minimum absolute atomic E-state index is 0.119. The van der Waals surface area contributed by atoms with Crippen molar-refractivity contribution >= 4 is 63.4 Å². The number of fused-ring (bicyclic) bond motifs is 1. The number of H-pyrrole nitrogens is 1. The number of alkyl carbamates (subject to hydrolysis) is 2. The first-order valence-corrected chi connectivity index (χ1v) is 19.3. The van der Waals surface area contributed by atoms with Crippen LogP contribution < -0.4 is 16.0 Å². The van der Waals surface area contributed by atoms with Gasteiger partial charge in [0, 0.05) is 24.2 Å². The molecule has 4 aromatic rings. The van der Waals surface area contributed by atoms with Crippen molar-refractivity contribution < 1.29 is 33.4 Å². The molecule has 53 heavy (non-hydrogen) atoms. The van der Waals surface area contributed by atoms with Crippen molar-refractivity contribution in [2.45, 2.75) is 77.5 Å². The van der Waals surface area contributed by atoms with E-state index in [0.717, 1.165) is 33.2 Å². The average Bonchev–Trinajstić information content (AvgIpc) is 3.97. The molecule has 284 valence electrons. The second kappa shape index (κ2) is 16.0. The average molecular weight is 768 g/mol. The largest absolute Gasteiger partial charge is 0.453 e. The highest BCUT2D eigenvalue weighted by Crippen LogP contribution is 2.39. The van der Waals surface area contributed by atoms with Gasteiger partial charge in [-0.2, -0.15) is 0 Å². The van der Waals surface area contributed by atoms with Crippen molar-refractivity contribution in [2.24, 2.45) is 11.8 Å². The monoisotopic (exact) mass is 767 g/mol. The topological polar surface area (TPSA) is 192 Å². The van der Waals surface area contributed by atoms with Crippen LogP contribution in [0.15, 0.2) is 30.7 Å². The molecule has 5 amide bonds. The molecule has 4 aromatic heterocycles. The van der Waals surface area contributed by atoms with Gasteiger partial charge in [0.05, 0.1) is 48.1 Å². The van der Waals surface area contributed by atoms with E-state index in [1.807, 2.05) is 50.4 Å². The number of rotatable bonds is 11. The Bertz CT molecular complexity index is 1950. The van der Waals surface area contributed by atoms with Crippen molar-refractivity contribution in [1.82, 2.24) is 39.8 Å². The van der Waals surface area contributed by atoms with Crippen LogP contribution in [0.25, 0.3) is 25.3 Å². The molecule has 2 fully saturated rings. The standard InChI is InChI=1S/C35H45N9O7S2/c1-18(2)27(40-34(48)50-5)31(46)43-13-7-9-21(43)29-36-15-20(37-29)23-11-12-24(52-23)25-16-42-17-26(39-33(42)53-25)38-30(45)22-10-8-14-44(22)32(47)28(19(3)4)41-35(49)51-6/h11-12,15-19,21-22,27-28H,7-10,13-14H2,1-6H3,(H,36,37)(H,38,45)(H,40,48)(H,41,49)/t21?,22-,27-,28-/m0/s1. The SMILES string of the molecule is COC(=O)N[C@H](C(=O)N1CCCC1c1ncc(-c2ccc(-c3cn4cc(NC(=O)[C@@H]5CCCN5C(=O)[C@@H](NC(=O)OC)C(C)C)nc4s3)s2)[nH]1)C(C)C. The molecule has 2 saturated heterocycles. The lowest BCUT2D eigenvalue weighted by Gasteiger charge is -2.30. The highest BCUT2D eigenvalue weighted by Gasteiger charge is 2.40. The Morgan fingerprint density at radius 1 is 0.830 bits per heavy atom. The predicted octanol–water partition coefficient (Wildman–Crippen LogP) is 4.87. The summed E-state index contributed by atoms with van der Waals surface area (Å²) >= 11 is 3.08. The van der Waals surface area contributed by atoms with Crippen molar-refractivity contribution in [2.75, 3.05) is 32.6 Å². The van der Waals surface area contributed by atoms with E-state index in [9.17, 15) is 24.0 Å². The highest BCUT2D eigenvalue weighted by molar-refractivity contribution is 7.26. The van der Waals surface area contributed by atoms with Gasteiger partial charge >= 0.3 is 12.2 Å². The first-order chi connectivity index (χ1) is 25.4. The van der Waals surface area contributed by atoms with Crippen LogP contribution in [0.3, 0.4) is 0 Å². The van der Waals surface area contributed by atoms with E-state index >= 15 is 0 Å². The Balaban J connectivity index is 1.10. The van der Waals surface area contributed by atoms with Crippen molar-refractivity contribution in [3.63, 3.8) is 0 Å². The normalized spacial score (nSPS) is 18.4. The number of methoxy groups -OCH3 is 2. The number of amides is 5. The van der Waals surface area contributed by atoms with E-state index in [1.165, 1.54) is 30.5 Å². The third-order valence-electron chi connectivity index (χ3n) is 9.59. The number of thiophene rings is 1. The molecule has 0 radical (unpaired) electrons. The molecule has 6 rings (SSSR count). The van der Waals surface area contributed by atoms with E-state index in [-0.39, 0.29) is 35.6 Å². The molecule has 2 aliphatic rings. The summed E-state index contributed by atoms with van der Waals surface area (Å²) in [5.41, 5.74) is 0.843. The van der Waals surface area contributed by atoms with Gasteiger partial charge in [-0.05, 0) is 49.7 Å². The zero-order valence-electron chi connectivity index (χ0n) is 30.5. The van der Waals surface area contributed by atoms with E-state index < -0.39 is 30.3 Å². The molecule has 1 unspecified atom stereocenters. The van der Waals surface area contributed by atoms with Gasteiger partial charge in [-0.15, -0.1) is 11.3 Å². The Kier molecular flexibility index (Phi) is 11.4. The molecular formula is C35H45N9O7S2. The van der Waals surface area contributed by atoms with Crippen molar-refractivity contribution in [3.8, 4) is 20.3 Å². The number of aromatic amines is 1. The Morgan fingerprint density at radius 3 is 2.09 bits per heavy atom. The molecule has 0 saturated carbocycles. The summed E-state index contributed by atoms with van der Waals surface area (Å²) in [5, 5.41) is 8.16. The van der Waals surface area contributed by atoms with E-state index in [4.69, 9.17) is 9.47 Å². The number of likely N-dealkylation sites (tertiary alicyclic amines) is 2. The minimum Gasteiger partial charge on any atom is -0.453 e. The fraction of sp³-hybridized carbons (Fsp3) is 0.514. The van der Waals surface area contributed by atoms with Crippen LogP contribution in [0.5, 0.6) is 0 Å². The number of aromatic nitrogens is 4. The smallest absolute Gasteiger partial charge is 0.407 e. The Morgan fingerprint density at radius 2 is 1.45 bits per heavy atom.